The Morgan fingerprint density at radius 2 is 1.69 bits per heavy atom. The van der Waals surface area contributed by atoms with Crippen molar-refractivity contribution in [3.05, 3.63) is 82.4 Å². The monoisotopic (exact) mass is 567 g/mol. The predicted molar refractivity (Wildman–Crippen MR) is 153 cm³/mol. The number of methoxy groups -OCH3 is 1. The quantitative estimate of drug-likeness (QED) is 0.305. The van der Waals surface area contributed by atoms with Crippen LogP contribution in [0.3, 0.4) is 0 Å². The number of ether oxygens (including phenoxy) is 2. The van der Waals surface area contributed by atoms with E-state index in [9.17, 15) is 24.0 Å². The molecule has 0 radical (unpaired) electrons. The van der Waals surface area contributed by atoms with Gasteiger partial charge in [0.15, 0.2) is 23.1 Å². The first-order valence-corrected chi connectivity index (χ1v) is 14.0. The van der Waals surface area contributed by atoms with Gasteiger partial charge in [0.1, 0.15) is 6.04 Å². The third-order valence-electron chi connectivity index (χ3n) is 7.89. The number of unbranched alkanes of at least 4 members (excludes halogenated alkanes) is 1. The summed E-state index contributed by atoms with van der Waals surface area (Å²) in [6.07, 6.45) is 2.63. The highest BCUT2D eigenvalue weighted by Crippen LogP contribution is 2.37. The smallest absolute Gasteiger partial charge is 0.256 e. The fourth-order valence-corrected chi connectivity index (χ4v) is 5.80. The summed E-state index contributed by atoms with van der Waals surface area (Å²) in [7, 11) is 1.48. The summed E-state index contributed by atoms with van der Waals surface area (Å²) < 4.78 is 11.4. The SMILES string of the molecule is COc1cc2c(cc1OCCCCC(=O)Nc1cccc3c1C(=O)c1ccccc1C3=O)NC(=O)C1CCCN1C2=O. The van der Waals surface area contributed by atoms with Crippen LogP contribution in [-0.4, -0.2) is 60.5 Å². The Bertz CT molecular complexity index is 1650. The highest BCUT2D eigenvalue weighted by molar-refractivity contribution is 6.30. The molecule has 3 aromatic rings. The largest absolute Gasteiger partial charge is 0.493 e. The van der Waals surface area contributed by atoms with Crippen molar-refractivity contribution in [3.8, 4) is 11.5 Å². The van der Waals surface area contributed by atoms with E-state index in [1.807, 2.05) is 0 Å². The molecule has 2 N–H and O–H groups in total. The lowest BCUT2D eigenvalue weighted by molar-refractivity contribution is -0.119. The van der Waals surface area contributed by atoms with Gasteiger partial charge in [-0.3, -0.25) is 24.0 Å². The number of anilines is 2. The molecule has 0 spiro atoms. The zero-order chi connectivity index (χ0) is 29.4. The minimum absolute atomic E-state index is 0.175. The Kier molecular flexibility index (Phi) is 7.20. The van der Waals surface area contributed by atoms with E-state index >= 15 is 0 Å². The second-order valence-corrected chi connectivity index (χ2v) is 10.5. The fraction of sp³-hybridized carbons (Fsp3) is 0.281. The molecule has 3 amide bonds. The number of nitrogens with one attached hydrogen (secondary N) is 2. The molecule has 0 aromatic heterocycles. The van der Waals surface area contributed by atoms with Gasteiger partial charge < -0.3 is 25.0 Å². The number of hydrogen-bond acceptors (Lipinski definition) is 7. The van der Waals surface area contributed by atoms with Crippen molar-refractivity contribution in [3.63, 3.8) is 0 Å². The Morgan fingerprint density at radius 1 is 0.929 bits per heavy atom. The highest BCUT2D eigenvalue weighted by Gasteiger charge is 2.39. The van der Waals surface area contributed by atoms with Crippen molar-refractivity contribution < 1.29 is 33.4 Å². The minimum atomic E-state index is -0.470. The summed E-state index contributed by atoms with van der Waals surface area (Å²) in [6, 6.07) is 14.3. The van der Waals surface area contributed by atoms with E-state index in [-0.39, 0.29) is 53.4 Å². The summed E-state index contributed by atoms with van der Waals surface area (Å²) in [4.78, 5) is 66.2. The Hall–Kier alpha value is -4.99. The van der Waals surface area contributed by atoms with E-state index in [0.717, 1.165) is 6.42 Å². The highest BCUT2D eigenvalue weighted by atomic mass is 16.5. The summed E-state index contributed by atoms with van der Waals surface area (Å²) in [5.41, 5.74) is 2.23. The van der Waals surface area contributed by atoms with E-state index in [2.05, 4.69) is 10.6 Å². The molecule has 3 aromatic carbocycles. The molecule has 10 heteroatoms. The topological polar surface area (TPSA) is 131 Å². The standard InChI is InChI=1S/C32H29N3O7/c1-41-25-16-21-23(34-31(39)24-12-7-14-35(24)32(21)40)17-26(25)42-15-5-4-13-27(36)33-22-11-6-10-20-28(22)30(38)19-9-3-2-8-18(19)29(20)37/h2-3,6,8-11,16-17,24H,4-5,7,12-15H2,1H3,(H,33,36)(H,34,39). The number of nitrogens with zero attached hydrogens (tertiary/aromatic N) is 1. The fourth-order valence-electron chi connectivity index (χ4n) is 5.80. The first kappa shape index (κ1) is 27.2. The molecular formula is C32H29N3O7. The first-order valence-electron chi connectivity index (χ1n) is 14.0. The zero-order valence-corrected chi connectivity index (χ0v) is 23.0. The molecule has 6 rings (SSSR count). The van der Waals surface area contributed by atoms with Gasteiger partial charge in [-0.15, -0.1) is 0 Å². The maximum absolute atomic E-state index is 13.2. The Labute approximate surface area is 242 Å². The number of ketones is 2. The van der Waals surface area contributed by atoms with Crippen molar-refractivity contribution >= 4 is 40.7 Å². The van der Waals surface area contributed by atoms with Gasteiger partial charge in [0.05, 0.1) is 36.2 Å². The second-order valence-electron chi connectivity index (χ2n) is 10.5. The molecule has 2 aliphatic heterocycles. The van der Waals surface area contributed by atoms with E-state index in [0.29, 0.717) is 65.4 Å². The lowest BCUT2D eigenvalue weighted by Crippen LogP contribution is -2.40. The second kappa shape index (κ2) is 11.1. The van der Waals surface area contributed by atoms with Crippen LogP contribution in [0.15, 0.2) is 54.6 Å². The number of hydrogen-bond donors (Lipinski definition) is 2. The number of rotatable bonds is 8. The summed E-state index contributed by atoms with van der Waals surface area (Å²) in [5.74, 6) is -0.486. The van der Waals surface area contributed by atoms with Crippen molar-refractivity contribution in [2.75, 3.05) is 30.9 Å². The van der Waals surface area contributed by atoms with Gasteiger partial charge in [-0.2, -0.15) is 0 Å². The average molecular weight is 568 g/mol. The molecule has 3 aliphatic rings. The summed E-state index contributed by atoms with van der Waals surface area (Å²) in [6.45, 7) is 0.809. The molecule has 0 saturated carbocycles. The van der Waals surface area contributed by atoms with Gasteiger partial charge in [-0.25, -0.2) is 0 Å². The maximum Gasteiger partial charge on any atom is 0.256 e. The Balaban J connectivity index is 1.06. The zero-order valence-electron chi connectivity index (χ0n) is 23.0. The first-order chi connectivity index (χ1) is 20.4. The minimum Gasteiger partial charge on any atom is -0.493 e. The van der Waals surface area contributed by atoms with Gasteiger partial charge in [-0.1, -0.05) is 36.4 Å². The molecule has 42 heavy (non-hydrogen) atoms. The average Bonchev–Trinajstić information content (AvgIpc) is 3.47. The van der Waals surface area contributed by atoms with E-state index in [4.69, 9.17) is 9.47 Å². The van der Waals surface area contributed by atoms with Crippen LogP contribution in [0.2, 0.25) is 0 Å². The van der Waals surface area contributed by atoms with Crippen LogP contribution in [-0.2, 0) is 9.59 Å². The number of benzene rings is 3. The maximum atomic E-state index is 13.2. The van der Waals surface area contributed by atoms with Crippen LogP contribution in [0, 0.1) is 0 Å². The number of amides is 3. The lowest BCUT2D eigenvalue weighted by atomic mass is 9.83. The van der Waals surface area contributed by atoms with E-state index in [1.54, 1.807) is 59.5 Å². The molecule has 1 fully saturated rings. The van der Waals surface area contributed by atoms with Crippen LogP contribution in [0.4, 0.5) is 11.4 Å². The molecule has 1 unspecified atom stereocenters. The van der Waals surface area contributed by atoms with Crippen molar-refractivity contribution in [2.45, 2.75) is 38.1 Å². The number of carbonyl (C=O) groups is 5. The van der Waals surface area contributed by atoms with Crippen LogP contribution in [0.1, 0.15) is 74.3 Å². The molecule has 2 heterocycles. The normalized spacial score (nSPS) is 17.0. The van der Waals surface area contributed by atoms with Crippen LogP contribution >= 0.6 is 0 Å². The van der Waals surface area contributed by atoms with Crippen LogP contribution in [0.25, 0.3) is 0 Å². The van der Waals surface area contributed by atoms with Gasteiger partial charge in [0.25, 0.3) is 5.91 Å². The number of carbonyl (C=O) groups excluding carboxylic acids is 5. The van der Waals surface area contributed by atoms with E-state index in [1.165, 1.54) is 7.11 Å². The van der Waals surface area contributed by atoms with Gasteiger partial charge in [0.2, 0.25) is 11.8 Å². The molecule has 1 aliphatic carbocycles. The van der Waals surface area contributed by atoms with Gasteiger partial charge in [0, 0.05) is 35.7 Å². The molecule has 1 saturated heterocycles. The molecule has 10 nitrogen and oxygen atoms in total. The van der Waals surface area contributed by atoms with Crippen molar-refractivity contribution in [1.29, 1.82) is 0 Å². The molecule has 0 bridgehead atoms. The van der Waals surface area contributed by atoms with Crippen LogP contribution < -0.4 is 20.1 Å². The third-order valence-corrected chi connectivity index (χ3v) is 7.89. The molecule has 1 atom stereocenters. The van der Waals surface area contributed by atoms with E-state index < -0.39 is 6.04 Å². The molecular weight excluding hydrogens is 538 g/mol. The van der Waals surface area contributed by atoms with Crippen LogP contribution in [0.5, 0.6) is 11.5 Å². The summed E-state index contributed by atoms with van der Waals surface area (Å²) in [5, 5.41) is 5.65. The Morgan fingerprint density at radius 3 is 2.48 bits per heavy atom. The number of fused-ring (bicyclic) bond motifs is 4. The summed E-state index contributed by atoms with van der Waals surface area (Å²) >= 11 is 0. The third kappa shape index (κ3) is 4.78. The van der Waals surface area contributed by atoms with Gasteiger partial charge in [-0.05, 0) is 37.8 Å². The van der Waals surface area contributed by atoms with Gasteiger partial charge >= 0.3 is 0 Å². The molecule has 214 valence electrons. The lowest BCUT2D eigenvalue weighted by Gasteiger charge is -2.20. The van der Waals surface area contributed by atoms with Crippen molar-refractivity contribution in [2.24, 2.45) is 0 Å². The predicted octanol–water partition coefficient (Wildman–Crippen LogP) is 4.22. The van der Waals surface area contributed by atoms with Crippen molar-refractivity contribution in [1.82, 2.24) is 4.90 Å².